The number of primary sulfonamides is 1. The minimum absolute atomic E-state index is 0.195. The molecule has 2 rings (SSSR count). The Morgan fingerprint density at radius 1 is 1.35 bits per heavy atom. The van der Waals surface area contributed by atoms with E-state index in [4.69, 9.17) is 5.14 Å². The second-order valence-electron chi connectivity index (χ2n) is 3.78. The third kappa shape index (κ3) is 3.42. The molecule has 9 heteroatoms. The minimum Gasteiger partial charge on any atom is -0.321 e. The zero-order valence-corrected chi connectivity index (χ0v) is 13.0. The van der Waals surface area contributed by atoms with Gasteiger partial charge in [0.2, 0.25) is 10.0 Å². The maximum Gasteiger partial charge on any atom is 0.256 e. The van der Waals surface area contributed by atoms with Crippen molar-refractivity contribution in [1.82, 2.24) is 0 Å². The zero-order chi connectivity index (χ0) is 14.9. The molecule has 1 aromatic heterocycles. The topological polar surface area (TPSA) is 89.3 Å². The van der Waals surface area contributed by atoms with Gasteiger partial charge in [-0.15, -0.1) is 11.3 Å². The molecule has 1 amide bonds. The van der Waals surface area contributed by atoms with Crippen LogP contribution in [0.4, 0.5) is 10.1 Å². The normalized spacial score (nSPS) is 11.3. The summed E-state index contributed by atoms with van der Waals surface area (Å²) in [6.45, 7) is 0. The summed E-state index contributed by atoms with van der Waals surface area (Å²) in [6, 6.07) is 4.43. The highest BCUT2D eigenvalue weighted by molar-refractivity contribution is 9.11. The maximum absolute atomic E-state index is 13.2. The fourth-order valence-electron chi connectivity index (χ4n) is 1.47. The van der Waals surface area contributed by atoms with Gasteiger partial charge in [-0.1, -0.05) is 0 Å². The predicted octanol–water partition coefficient (Wildman–Crippen LogP) is 2.55. The lowest BCUT2D eigenvalue weighted by atomic mass is 10.2. The quantitative estimate of drug-likeness (QED) is 0.859. The van der Waals surface area contributed by atoms with E-state index in [0.29, 0.717) is 5.56 Å². The highest BCUT2D eigenvalue weighted by Gasteiger charge is 2.17. The monoisotopic (exact) mass is 378 g/mol. The Morgan fingerprint density at radius 3 is 2.60 bits per heavy atom. The first-order chi connectivity index (χ1) is 9.27. The molecule has 106 valence electrons. The lowest BCUT2D eigenvalue weighted by Gasteiger charge is -2.09. The Labute approximate surface area is 126 Å². The van der Waals surface area contributed by atoms with Crippen molar-refractivity contribution in [2.24, 2.45) is 5.14 Å². The van der Waals surface area contributed by atoms with Crippen molar-refractivity contribution < 1.29 is 17.6 Å². The number of amides is 1. The molecule has 0 radical (unpaired) electrons. The van der Waals surface area contributed by atoms with Gasteiger partial charge in [0.1, 0.15) is 10.7 Å². The van der Waals surface area contributed by atoms with Crippen LogP contribution in [0, 0.1) is 5.82 Å². The molecule has 0 saturated heterocycles. The largest absolute Gasteiger partial charge is 0.321 e. The first kappa shape index (κ1) is 15.1. The molecule has 1 heterocycles. The van der Waals surface area contributed by atoms with Crippen molar-refractivity contribution in [3.8, 4) is 0 Å². The number of carbonyl (C=O) groups is 1. The molecular formula is C11H8BrFN2O3S2. The zero-order valence-electron chi connectivity index (χ0n) is 9.76. The average molecular weight is 379 g/mol. The molecule has 0 atom stereocenters. The summed E-state index contributed by atoms with van der Waals surface area (Å²) in [5.74, 6) is -1.23. The number of hydrogen-bond donors (Lipinski definition) is 2. The summed E-state index contributed by atoms with van der Waals surface area (Å²) in [5, 5.41) is 8.93. The van der Waals surface area contributed by atoms with Crippen LogP contribution in [0.2, 0.25) is 0 Å². The van der Waals surface area contributed by atoms with Crippen molar-refractivity contribution in [2.45, 2.75) is 4.90 Å². The van der Waals surface area contributed by atoms with Crippen molar-refractivity contribution in [3.05, 3.63) is 44.8 Å². The van der Waals surface area contributed by atoms with Crippen LogP contribution in [-0.2, 0) is 10.0 Å². The van der Waals surface area contributed by atoms with Crippen LogP contribution in [0.3, 0.4) is 0 Å². The SMILES string of the molecule is NS(=O)(=O)c1ccc(F)cc1NC(=O)c1csc(Br)c1. The molecule has 0 fully saturated rings. The van der Waals surface area contributed by atoms with Gasteiger partial charge in [-0.2, -0.15) is 0 Å². The molecule has 0 saturated carbocycles. The fourth-order valence-corrected chi connectivity index (χ4v) is 3.28. The van der Waals surface area contributed by atoms with Crippen LogP contribution in [0.5, 0.6) is 0 Å². The standard InChI is InChI=1S/C11H8BrFN2O3S2/c12-10-3-6(5-19-10)11(16)15-8-4-7(13)1-2-9(8)20(14,17)18/h1-5H,(H,15,16)(H2,14,17,18). The van der Waals surface area contributed by atoms with Gasteiger partial charge >= 0.3 is 0 Å². The minimum atomic E-state index is -4.06. The summed E-state index contributed by atoms with van der Waals surface area (Å²) in [7, 11) is -4.06. The number of thiophene rings is 1. The van der Waals surface area contributed by atoms with Crippen LogP contribution >= 0.6 is 27.3 Å². The highest BCUT2D eigenvalue weighted by atomic mass is 79.9. The number of sulfonamides is 1. The molecule has 0 bridgehead atoms. The number of rotatable bonds is 3. The van der Waals surface area contributed by atoms with Crippen molar-refractivity contribution >= 4 is 48.9 Å². The summed E-state index contributed by atoms with van der Waals surface area (Å²) in [4.78, 5) is 11.6. The number of carbonyl (C=O) groups excluding carboxylic acids is 1. The molecule has 2 aromatic rings. The Bertz CT molecular complexity index is 774. The van der Waals surface area contributed by atoms with E-state index in [-0.39, 0.29) is 10.6 Å². The molecule has 20 heavy (non-hydrogen) atoms. The van der Waals surface area contributed by atoms with Crippen LogP contribution < -0.4 is 10.5 Å². The van der Waals surface area contributed by atoms with E-state index in [2.05, 4.69) is 21.2 Å². The second kappa shape index (κ2) is 5.60. The molecular weight excluding hydrogens is 371 g/mol. The molecule has 0 aliphatic heterocycles. The third-order valence-electron chi connectivity index (χ3n) is 2.33. The molecule has 0 unspecified atom stereocenters. The first-order valence-electron chi connectivity index (χ1n) is 5.15. The van der Waals surface area contributed by atoms with E-state index in [1.807, 2.05) is 0 Å². The molecule has 1 aromatic carbocycles. The summed E-state index contributed by atoms with van der Waals surface area (Å²) >= 11 is 4.50. The lowest BCUT2D eigenvalue weighted by Crippen LogP contribution is -2.18. The van der Waals surface area contributed by atoms with E-state index in [1.54, 1.807) is 11.4 Å². The first-order valence-corrected chi connectivity index (χ1v) is 8.37. The Balaban J connectivity index is 2.38. The Morgan fingerprint density at radius 2 is 2.05 bits per heavy atom. The Kier molecular flexibility index (Phi) is 4.23. The number of anilines is 1. The van der Waals surface area contributed by atoms with Gasteiger partial charge in [-0.3, -0.25) is 4.79 Å². The number of halogens is 2. The van der Waals surface area contributed by atoms with Gasteiger partial charge in [-0.25, -0.2) is 17.9 Å². The van der Waals surface area contributed by atoms with Crippen molar-refractivity contribution in [3.63, 3.8) is 0 Å². The molecule has 5 nitrogen and oxygen atoms in total. The van der Waals surface area contributed by atoms with Gasteiger partial charge in [-0.05, 0) is 40.2 Å². The Hall–Kier alpha value is -1.29. The van der Waals surface area contributed by atoms with Crippen molar-refractivity contribution in [2.75, 3.05) is 5.32 Å². The van der Waals surface area contributed by atoms with E-state index < -0.39 is 21.7 Å². The van der Waals surface area contributed by atoms with Gasteiger partial charge in [0.15, 0.2) is 0 Å². The third-order valence-corrected chi connectivity index (χ3v) is 4.80. The van der Waals surface area contributed by atoms with Crippen LogP contribution in [0.15, 0.2) is 38.3 Å². The van der Waals surface area contributed by atoms with Gasteiger partial charge in [0, 0.05) is 5.38 Å². The fraction of sp³-hybridized carbons (Fsp3) is 0. The molecule has 0 spiro atoms. The predicted molar refractivity (Wildman–Crippen MR) is 77.7 cm³/mol. The van der Waals surface area contributed by atoms with Crippen LogP contribution in [0.25, 0.3) is 0 Å². The molecule has 3 N–H and O–H groups in total. The van der Waals surface area contributed by atoms with Crippen LogP contribution in [-0.4, -0.2) is 14.3 Å². The molecule has 0 aliphatic carbocycles. The number of nitrogens with one attached hydrogen (secondary N) is 1. The number of nitrogens with two attached hydrogens (primary N) is 1. The second-order valence-corrected chi connectivity index (χ2v) is 7.60. The maximum atomic E-state index is 13.2. The summed E-state index contributed by atoms with van der Waals surface area (Å²) < 4.78 is 36.7. The summed E-state index contributed by atoms with van der Waals surface area (Å²) in [5.41, 5.74) is 0.131. The van der Waals surface area contributed by atoms with E-state index >= 15 is 0 Å². The molecule has 0 aliphatic rings. The summed E-state index contributed by atoms with van der Waals surface area (Å²) in [6.07, 6.45) is 0. The highest BCUT2D eigenvalue weighted by Crippen LogP contribution is 2.24. The average Bonchev–Trinajstić information content (AvgIpc) is 2.74. The lowest BCUT2D eigenvalue weighted by molar-refractivity contribution is 0.102. The van der Waals surface area contributed by atoms with E-state index in [9.17, 15) is 17.6 Å². The van der Waals surface area contributed by atoms with Gasteiger partial charge in [0.25, 0.3) is 5.91 Å². The van der Waals surface area contributed by atoms with Gasteiger partial charge < -0.3 is 5.32 Å². The number of benzene rings is 1. The van der Waals surface area contributed by atoms with Crippen molar-refractivity contribution in [1.29, 1.82) is 0 Å². The van der Waals surface area contributed by atoms with E-state index in [0.717, 1.165) is 22.0 Å². The smallest absolute Gasteiger partial charge is 0.256 e. The number of hydrogen-bond acceptors (Lipinski definition) is 4. The van der Waals surface area contributed by atoms with Crippen LogP contribution in [0.1, 0.15) is 10.4 Å². The van der Waals surface area contributed by atoms with E-state index in [1.165, 1.54) is 11.3 Å². The van der Waals surface area contributed by atoms with Gasteiger partial charge in [0.05, 0.1) is 15.0 Å².